The van der Waals surface area contributed by atoms with Gasteiger partial charge in [0.25, 0.3) is 0 Å². The molecule has 0 aliphatic rings. The van der Waals surface area contributed by atoms with Crippen LogP contribution in [0.4, 0.5) is 0 Å². The van der Waals surface area contributed by atoms with Crippen LogP contribution in [-0.2, 0) is 0 Å². The third kappa shape index (κ3) is 2.85. The number of rotatable bonds is 4. The molecule has 82 valence electrons. The molecule has 1 heteroatoms. The fourth-order valence-electron chi connectivity index (χ4n) is 1.99. The van der Waals surface area contributed by atoms with Crippen molar-refractivity contribution in [2.45, 2.75) is 39.5 Å². The van der Waals surface area contributed by atoms with Crippen molar-refractivity contribution in [2.75, 3.05) is 0 Å². The quantitative estimate of drug-likeness (QED) is 0.730. The van der Waals surface area contributed by atoms with Gasteiger partial charge in [-0.05, 0) is 44.2 Å². The minimum absolute atomic E-state index is 0.433. The average molecular weight is 204 g/mol. The van der Waals surface area contributed by atoms with Gasteiger partial charge in [-0.15, -0.1) is 0 Å². The first-order valence-electron chi connectivity index (χ1n) is 5.60. The van der Waals surface area contributed by atoms with Gasteiger partial charge in [-0.1, -0.05) is 31.2 Å². The molecule has 1 unspecified atom stereocenters. The molecule has 0 bridgehead atoms. The zero-order chi connectivity index (χ0) is 11.3. The first-order valence-corrected chi connectivity index (χ1v) is 5.60. The summed E-state index contributed by atoms with van der Waals surface area (Å²) in [5.41, 5.74) is 2.30. The van der Waals surface area contributed by atoms with Gasteiger partial charge in [0.1, 0.15) is 5.75 Å². The molecule has 0 aromatic heterocycles. The minimum atomic E-state index is 0.433. The lowest BCUT2D eigenvalue weighted by Gasteiger charge is -2.17. The largest absolute Gasteiger partial charge is 0.508 e. The summed E-state index contributed by atoms with van der Waals surface area (Å²) in [7, 11) is 0. The van der Waals surface area contributed by atoms with Gasteiger partial charge in [-0.25, -0.2) is 0 Å². The van der Waals surface area contributed by atoms with Gasteiger partial charge in [0.2, 0.25) is 0 Å². The Morgan fingerprint density at radius 3 is 2.67 bits per heavy atom. The lowest BCUT2D eigenvalue weighted by molar-refractivity contribution is 0.458. The van der Waals surface area contributed by atoms with E-state index < -0.39 is 0 Å². The number of allylic oxidation sites excluding steroid dienone is 2. The molecule has 0 aliphatic heterocycles. The summed E-state index contributed by atoms with van der Waals surface area (Å²) < 4.78 is 0. The van der Waals surface area contributed by atoms with E-state index in [0.29, 0.717) is 11.7 Å². The summed E-state index contributed by atoms with van der Waals surface area (Å²) in [6, 6.07) is 5.74. The number of phenolic OH excluding ortho intramolecular Hbond substituents is 1. The molecule has 0 amide bonds. The zero-order valence-corrected chi connectivity index (χ0v) is 9.83. The minimum Gasteiger partial charge on any atom is -0.508 e. The Morgan fingerprint density at radius 2 is 2.13 bits per heavy atom. The number of phenols is 1. The maximum atomic E-state index is 9.87. The van der Waals surface area contributed by atoms with Crippen molar-refractivity contribution in [3.05, 3.63) is 41.5 Å². The molecule has 0 spiro atoms. The highest BCUT2D eigenvalue weighted by atomic mass is 16.3. The van der Waals surface area contributed by atoms with E-state index in [1.165, 1.54) is 5.56 Å². The summed E-state index contributed by atoms with van der Waals surface area (Å²) in [4.78, 5) is 0. The van der Waals surface area contributed by atoms with Gasteiger partial charge in [0, 0.05) is 5.56 Å². The van der Waals surface area contributed by atoms with Crippen molar-refractivity contribution >= 4 is 0 Å². The number of hydrogen-bond acceptors (Lipinski definition) is 1. The van der Waals surface area contributed by atoms with Gasteiger partial charge in [-0.3, -0.25) is 0 Å². The summed E-state index contributed by atoms with van der Waals surface area (Å²) in [5, 5.41) is 9.87. The highest BCUT2D eigenvalue weighted by molar-refractivity contribution is 5.41. The van der Waals surface area contributed by atoms with Gasteiger partial charge in [-0.2, -0.15) is 0 Å². The highest BCUT2D eigenvalue weighted by Gasteiger charge is 2.14. The predicted octanol–water partition coefficient (Wildman–Crippen LogP) is 4.16. The first-order chi connectivity index (χ1) is 7.20. The first kappa shape index (κ1) is 11.8. The topological polar surface area (TPSA) is 20.2 Å². The molecule has 0 fully saturated rings. The molecule has 1 N–H and O–H groups in total. The Balaban J connectivity index is 3.00. The van der Waals surface area contributed by atoms with Crippen molar-refractivity contribution in [3.8, 4) is 5.75 Å². The lowest BCUT2D eigenvalue weighted by atomic mass is 9.89. The second-order valence-electron chi connectivity index (χ2n) is 3.92. The third-order valence-electron chi connectivity index (χ3n) is 2.86. The zero-order valence-electron chi connectivity index (χ0n) is 9.83. The van der Waals surface area contributed by atoms with E-state index in [9.17, 15) is 5.11 Å². The molecule has 1 aromatic carbocycles. The Kier molecular flexibility index (Phi) is 4.41. The van der Waals surface area contributed by atoms with Crippen molar-refractivity contribution in [1.82, 2.24) is 0 Å². The van der Waals surface area contributed by atoms with Crippen LogP contribution in [0.2, 0.25) is 0 Å². The predicted molar refractivity (Wildman–Crippen MR) is 65.3 cm³/mol. The molecule has 1 atom stereocenters. The van der Waals surface area contributed by atoms with Crippen LogP contribution in [0.15, 0.2) is 30.4 Å². The molecule has 0 saturated heterocycles. The Morgan fingerprint density at radius 1 is 1.40 bits per heavy atom. The maximum absolute atomic E-state index is 9.87. The van der Waals surface area contributed by atoms with Gasteiger partial charge in [0.15, 0.2) is 0 Å². The van der Waals surface area contributed by atoms with Crippen LogP contribution in [0.3, 0.4) is 0 Å². The Hall–Kier alpha value is -1.24. The normalized spacial score (nSPS) is 13.3. The highest BCUT2D eigenvalue weighted by Crippen LogP contribution is 2.33. The summed E-state index contributed by atoms with van der Waals surface area (Å²) >= 11 is 0. The van der Waals surface area contributed by atoms with Crippen molar-refractivity contribution in [1.29, 1.82) is 0 Å². The van der Waals surface area contributed by atoms with Crippen molar-refractivity contribution < 1.29 is 5.11 Å². The second kappa shape index (κ2) is 5.59. The van der Waals surface area contributed by atoms with Gasteiger partial charge < -0.3 is 5.11 Å². The van der Waals surface area contributed by atoms with Crippen LogP contribution >= 0.6 is 0 Å². The monoisotopic (exact) mass is 204 g/mol. The van der Waals surface area contributed by atoms with E-state index >= 15 is 0 Å². The van der Waals surface area contributed by atoms with Crippen LogP contribution in [0, 0.1) is 6.92 Å². The lowest BCUT2D eigenvalue weighted by Crippen LogP contribution is -1.99. The van der Waals surface area contributed by atoms with Crippen molar-refractivity contribution in [2.24, 2.45) is 0 Å². The molecule has 15 heavy (non-hydrogen) atoms. The number of hydrogen-bond donors (Lipinski definition) is 1. The van der Waals surface area contributed by atoms with Gasteiger partial charge >= 0.3 is 0 Å². The van der Waals surface area contributed by atoms with Crippen LogP contribution < -0.4 is 0 Å². The average Bonchev–Trinajstić information content (AvgIpc) is 2.22. The molecular weight excluding hydrogens is 184 g/mol. The fourth-order valence-corrected chi connectivity index (χ4v) is 1.99. The molecule has 1 nitrogen and oxygen atoms in total. The summed E-state index contributed by atoms with van der Waals surface area (Å²) in [6.07, 6.45) is 6.30. The Bertz CT molecular complexity index is 319. The number of aromatic hydroxyl groups is 1. The summed E-state index contributed by atoms with van der Waals surface area (Å²) in [6.45, 7) is 6.26. The maximum Gasteiger partial charge on any atom is 0.119 e. The molecule has 0 heterocycles. The molecule has 1 aromatic rings. The van der Waals surface area contributed by atoms with Crippen LogP contribution in [0.1, 0.15) is 43.7 Å². The smallest absolute Gasteiger partial charge is 0.119 e. The van der Waals surface area contributed by atoms with E-state index in [1.807, 2.05) is 13.0 Å². The molecule has 0 aliphatic carbocycles. The van der Waals surface area contributed by atoms with Gasteiger partial charge in [0.05, 0.1) is 0 Å². The molecular formula is C14H20O. The van der Waals surface area contributed by atoms with Crippen molar-refractivity contribution in [3.63, 3.8) is 0 Å². The molecule has 0 saturated carbocycles. The van der Waals surface area contributed by atoms with Crippen LogP contribution in [0.5, 0.6) is 5.75 Å². The number of benzene rings is 1. The molecule has 1 rings (SSSR count). The van der Waals surface area contributed by atoms with Crippen LogP contribution in [-0.4, -0.2) is 5.11 Å². The van der Waals surface area contributed by atoms with E-state index in [-0.39, 0.29) is 0 Å². The number of aryl methyl sites for hydroxylation is 1. The van der Waals surface area contributed by atoms with E-state index in [2.05, 4.69) is 32.1 Å². The van der Waals surface area contributed by atoms with E-state index in [0.717, 1.165) is 18.4 Å². The SMILES string of the molecule is C/C=C\CC(CC)c1c(C)cccc1O. The van der Waals surface area contributed by atoms with E-state index in [1.54, 1.807) is 6.07 Å². The second-order valence-corrected chi connectivity index (χ2v) is 3.92. The van der Waals surface area contributed by atoms with Crippen LogP contribution in [0.25, 0.3) is 0 Å². The fraction of sp³-hybridized carbons (Fsp3) is 0.429. The van der Waals surface area contributed by atoms with E-state index in [4.69, 9.17) is 0 Å². The molecule has 0 radical (unpaired) electrons. The Labute approximate surface area is 92.5 Å². The standard InChI is InChI=1S/C14H20O/c1-4-6-9-12(5-2)14-11(3)8-7-10-13(14)15/h4,6-8,10,12,15H,5,9H2,1-3H3/b6-4-. The third-order valence-corrected chi connectivity index (χ3v) is 2.86. The summed E-state index contributed by atoms with van der Waals surface area (Å²) in [5.74, 6) is 0.869.